The fourth-order valence-electron chi connectivity index (χ4n) is 3.18. The van der Waals surface area contributed by atoms with E-state index in [9.17, 15) is 4.79 Å². The SMILES string of the molecule is Cc1cn[nH]c1[C@@H]1CCN(C(=O)CCc2cnn(C)c2C)C1. The number of aromatic nitrogens is 4. The van der Waals surface area contributed by atoms with Crippen molar-refractivity contribution in [3.8, 4) is 0 Å². The molecule has 1 amide bonds. The zero-order valence-corrected chi connectivity index (χ0v) is 13.5. The van der Waals surface area contributed by atoms with E-state index in [1.807, 2.05) is 35.9 Å². The van der Waals surface area contributed by atoms with Crippen LogP contribution in [0.2, 0.25) is 0 Å². The van der Waals surface area contributed by atoms with Gasteiger partial charge in [-0.3, -0.25) is 14.6 Å². The zero-order chi connectivity index (χ0) is 15.7. The topological polar surface area (TPSA) is 66.8 Å². The molecule has 22 heavy (non-hydrogen) atoms. The van der Waals surface area contributed by atoms with Crippen LogP contribution in [-0.4, -0.2) is 43.9 Å². The van der Waals surface area contributed by atoms with Gasteiger partial charge in [0.25, 0.3) is 0 Å². The molecule has 0 aliphatic carbocycles. The zero-order valence-electron chi connectivity index (χ0n) is 13.5. The van der Waals surface area contributed by atoms with E-state index in [1.54, 1.807) is 0 Å². The molecule has 0 bridgehead atoms. The number of H-pyrrole nitrogens is 1. The standard InChI is InChI=1S/C16H23N5O/c1-11-8-17-19-16(11)14-6-7-21(10-14)15(22)5-4-13-9-18-20(3)12(13)2/h8-9,14H,4-7,10H2,1-3H3,(H,17,19)/t14-/m1/s1. The predicted molar refractivity (Wildman–Crippen MR) is 83.5 cm³/mol. The second kappa shape index (κ2) is 5.94. The van der Waals surface area contributed by atoms with Gasteiger partial charge in [0.05, 0.1) is 12.4 Å². The number of hydrogen-bond acceptors (Lipinski definition) is 3. The van der Waals surface area contributed by atoms with Gasteiger partial charge in [-0.2, -0.15) is 10.2 Å². The molecule has 0 spiro atoms. The molecule has 0 saturated carbocycles. The van der Waals surface area contributed by atoms with Gasteiger partial charge < -0.3 is 4.90 Å². The van der Waals surface area contributed by atoms with Gasteiger partial charge >= 0.3 is 0 Å². The number of carbonyl (C=O) groups excluding carboxylic acids is 1. The Labute approximate surface area is 130 Å². The molecule has 0 aromatic carbocycles. The molecule has 6 nitrogen and oxygen atoms in total. The van der Waals surface area contributed by atoms with Crippen LogP contribution in [0.1, 0.15) is 41.3 Å². The summed E-state index contributed by atoms with van der Waals surface area (Å²) in [5.74, 6) is 0.634. The minimum Gasteiger partial charge on any atom is -0.342 e. The van der Waals surface area contributed by atoms with Gasteiger partial charge in [-0.1, -0.05) is 0 Å². The van der Waals surface area contributed by atoms with E-state index in [-0.39, 0.29) is 5.91 Å². The van der Waals surface area contributed by atoms with Crippen molar-refractivity contribution in [2.24, 2.45) is 7.05 Å². The second-order valence-electron chi connectivity index (χ2n) is 6.17. The lowest BCUT2D eigenvalue weighted by atomic mass is 10.0. The van der Waals surface area contributed by atoms with E-state index in [4.69, 9.17) is 0 Å². The van der Waals surface area contributed by atoms with Crippen molar-refractivity contribution in [2.75, 3.05) is 13.1 Å². The van der Waals surface area contributed by atoms with Crippen LogP contribution in [0.4, 0.5) is 0 Å². The second-order valence-corrected chi connectivity index (χ2v) is 6.17. The smallest absolute Gasteiger partial charge is 0.222 e. The molecule has 1 N–H and O–H groups in total. The summed E-state index contributed by atoms with van der Waals surface area (Å²) in [4.78, 5) is 14.4. The molecule has 6 heteroatoms. The summed E-state index contributed by atoms with van der Waals surface area (Å²) < 4.78 is 1.85. The van der Waals surface area contributed by atoms with Crippen molar-refractivity contribution in [1.29, 1.82) is 0 Å². The molecule has 0 unspecified atom stereocenters. The van der Waals surface area contributed by atoms with Gasteiger partial charge in [-0.25, -0.2) is 0 Å². The van der Waals surface area contributed by atoms with Crippen LogP contribution in [0.25, 0.3) is 0 Å². The van der Waals surface area contributed by atoms with E-state index in [0.29, 0.717) is 12.3 Å². The Hall–Kier alpha value is -2.11. The first kappa shape index (κ1) is 14.8. The molecule has 1 aliphatic heterocycles. The number of nitrogens with zero attached hydrogens (tertiary/aromatic N) is 4. The highest BCUT2D eigenvalue weighted by molar-refractivity contribution is 5.76. The van der Waals surface area contributed by atoms with E-state index in [0.717, 1.165) is 37.2 Å². The molecule has 0 radical (unpaired) electrons. The summed E-state index contributed by atoms with van der Waals surface area (Å²) in [6.07, 6.45) is 6.05. The lowest BCUT2D eigenvalue weighted by Gasteiger charge is -2.16. The number of nitrogens with one attached hydrogen (secondary N) is 1. The fourth-order valence-corrected chi connectivity index (χ4v) is 3.18. The monoisotopic (exact) mass is 301 g/mol. The number of hydrogen-bond donors (Lipinski definition) is 1. The Morgan fingerprint density at radius 3 is 2.86 bits per heavy atom. The minimum atomic E-state index is 0.239. The summed E-state index contributed by atoms with van der Waals surface area (Å²) in [6, 6.07) is 0. The maximum absolute atomic E-state index is 12.4. The molecule has 1 atom stereocenters. The molecule has 1 saturated heterocycles. The summed E-state index contributed by atoms with van der Waals surface area (Å²) in [6.45, 7) is 5.75. The van der Waals surface area contributed by atoms with Crippen molar-refractivity contribution < 1.29 is 4.79 Å². The third-order valence-electron chi connectivity index (χ3n) is 4.76. The Bertz CT molecular complexity index is 672. The average Bonchev–Trinajstić information content (AvgIpc) is 3.20. The van der Waals surface area contributed by atoms with E-state index in [1.165, 1.54) is 11.3 Å². The molecule has 2 aromatic heterocycles. The third kappa shape index (κ3) is 2.77. The number of rotatable bonds is 4. The fraction of sp³-hybridized carbons (Fsp3) is 0.562. The largest absolute Gasteiger partial charge is 0.342 e. The summed E-state index contributed by atoms with van der Waals surface area (Å²) in [5.41, 5.74) is 4.67. The average molecular weight is 301 g/mol. The van der Waals surface area contributed by atoms with Gasteiger partial charge in [0.15, 0.2) is 0 Å². The number of aromatic amines is 1. The van der Waals surface area contributed by atoms with Crippen LogP contribution < -0.4 is 0 Å². The Kier molecular flexibility index (Phi) is 4.00. The molecule has 1 fully saturated rings. The van der Waals surface area contributed by atoms with Crippen LogP contribution in [0, 0.1) is 13.8 Å². The van der Waals surface area contributed by atoms with Crippen molar-refractivity contribution in [3.05, 3.63) is 34.9 Å². The van der Waals surface area contributed by atoms with Crippen LogP contribution in [0.3, 0.4) is 0 Å². The number of likely N-dealkylation sites (tertiary alicyclic amines) is 1. The van der Waals surface area contributed by atoms with Gasteiger partial charge in [0.1, 0.15) is 0 Å². The summed E-state index contributed by atoms with van der Waals surface area (Å²) in [7, 11) is 1.93. The van der Waals surface area contributed by atoms with Crippen molar-refractivity contribution >= 4 is 5.91 Å². The molecule has 118 valence electrons. The highest BCUT2D eigenvalue weighted by Gasteiger charge is 2.28. The van der Waals surface area contributed by atoms with Crippen LogP contribution in [0.5, 0.6) is 0 Å². The highest BCUT2D eigenvalue weighted by Crippen LogP contribution is 2.28. The maximum atomic E-state index is 12.4. The third-order valence-corrected chi connectivity index (χ3v) is 4.76. The summed E-state index contributed by atoms with van der Waals surface area (Å²) >= 11 is 0. The van der Waals surface area contributed by atoms with E-state index in [2.05, 4.69) is 22.2 Å². The molecule has 3 rings (SSSR count). The van der Waals surface area contributed by atoms with Gasteiger partial charge in [-0.05, 0) is 37.8 Å². The van der Waals surface area contributed by atoms with Crippen molar-refractivity contribution in [1.82, 2.24) is 24.9 Å². The molecule has 3 heterocycles. The quantitative estimate of drug-likeness (QED) is 0.935. The van der Waals surface area contributed by atoms with Crippen LogP contribution in [0.15, 0.2) is 12.4 Å². The summed E-state index contributed by atoms with van der Waals surface area (Å²) in [5, 5.41) is 11.4. The lowest BCUT2D eigenvalue weighted by Crippen LogP contribution is -2.28. The van der Waals surface area contributed by atoms with E-state index >= 15 is 0 Å². The van der Waals surface area contributed by atoms with Crippen LogP contribution >= 0.6 is 0 Å². The molecular weight excluding hydrogens is 278 g/mol. The molecular formula is C16H23N5O. The predicted octanol–water partition coefficient (Wildman–Crippen LogP) is 1.71. The van der Waals surface area contributed by atoms with Crippen LogP contribution in [-0.2, 0) is 18.3 Å². The van der Waals surface area contributed by atoms with Crippen molar-refractivity contribution in [3.63, 3.8) is 0 Å². The minimum absolute atomic E-state index is 0.239. The number of amides is 1. The Morgan fingerprint density at radius 2 is 2.23 bits per heavy atom. The maximum Gasteiger partial charge on any atom is 0.222 e. The Balaban J connectivity index is 1.56. The molecule has 2 aromatic rings. The first-order chi connectivity index (χ1) is 10.6. The number of aryl methyl sites for hydroxylation is 3. The van der Waals surface area contributed by atoms with Crippen molar-refractivity contribution in [2.45, 2.75) is 39.0 Å². The van der Waals surface area contributed by atoms with Gasteiger partial charge in [0.2, 0.25) is 5.91 Å². The number of carbonyl (C=O) groups is 1. The lowest BCUT2D eigenvalue weighted by molar-refractivity contribution is -0.130. The van der Waals surface area contributed by atoms with E-state index < -0.39 is 0 Å². The first-order valence-corrected chi connectivity index (χ1v) is 7.81. The molecule has 1 aliphatic rings. The normalized spacial score (nSPS) is 18.1. The van der Waals surface area contributed by atoms with Gasteiger partial charge in [-0.15, -0.1) is 0 Å². The first-order valence-electron chi connectivity index (χ1n) is 7.81. The van der Waals surface area contributed by atoms with Gasteiger partial charge in [0, 0.05) is 43.9 Å². The Morgan fingerprint density at radius 1 is 1.41 bits per heavy atom. The highest BCUT2D eigenvalue weighted by atomic mass is 16.2.